The third kappa shape index (κ3) is 2.99. The summed E-state index contributed by atoms with van der Waals surface area (Å²) in [4.78, 5) is 0. The Morgan fingerprint density at radius 2 is 1.91 bits per heavy atom. The standard InChI is InChI=1S/C14H12Cl2N4O2S/c1-6-12(13-18-17-7(2)23-13)14(20(3)19-6)22-11-5-10(21)8(15)4-9(11)16/h4-5,21H,1-3H3. The molecule has 23 heavy (non-hydrogen) atoms. The van der Waals surface area contributed by atoms with Crippen LogP contribution in [0.1, 0.15) is 10.7 Å². The average Bonchev–Trinajstić information content (AvgIpc) is 3.00. The molecule has 9 heteroatoms. The summed E-state index contributed by atoms with van der Waals surface area (Å²) >= 11 is 13.4. The second-order valence-electron chi connectivity index (χ2n) is 4.85. The maximum Gasteiger partial charge on any atom is 0.228 e. The molecule has 0 radical (unpaired) electrons. The molecular weight excluding hydrogens is 359 g/mol. The van der Waals surface area contributed by atoms with Crippen LogP contribution in [0.3, 0.4) is 0 Å². The lowest BCUT2D eigenvalue weighted by molar-refractivity contribution is 0.424. The van der Waals surface area contributed by atoms with Gasteiger partial charge in [0.2, 0.25) is 5.88 Å². The molecule has 0 spiro atoms. The largest absolute Gasteiger partial charge is 0.506 e. The van der Waals surface area contributed by atoms with Gasteiger partial charge in [0.1, 0.15) is 10.8 Å². The van der Waals surface area contributed by atoms with Gasteiger partial charge in [-0.05, 0) is 19.9 Å². The van der Waals surface area contributed by atoms with Gasteiger partial charge in [-0.2, -0.15) is 5.10 Å². The fourth-order valence-electron chi connectivity index (χ4n) is 2.10. The molecule has 0 atom stereocenters. The molecule has 0 saturated heterocycles. The van der Waals surface area contributed by atoms with E-state index in [1.165, 1.54) is 23.5 Å². The van der Waals surface area contributed by atoms with Crippen molar-refractivity contribution in [2.24, 2.45) is 7.05 Å². The van der Waals surface area contributed by atoms with Gasteiger partial charge in [0.15, 0.2) is 10.8 Å². The second-order valence-corrected chi connectivity index (χ2v) is 6.85. The van der Waals surface area contributed by atoms with Gasteiger partial charge < -0.3 is 9.84 Å². The number of hydrogen-bond donors (Lipinski definition) is 1. The predicted molar refractivity (Wildman–Crippen MR) is 89.8 cm³/mol. The number of ether oxygens (including phenoxy) is 1. The van der Waals surface area contributed by atoms with E-state index < -0.39 is 0 Å². The van der Waals surface area contributed by atoms with Crippen LogP contribution in [0.25, 0.3) is 10.6 Å². The topological polar surface area (TPSA) is 73.1 Å². The zero-order valence-corrected chi connectivity index (χ0v) is 14.8. The summed E-state index contributed by atoms with van der Waals surface area (Å²) in [6.07, 6.45) is 0. The molecule has 0 amide bonds. The van der Waals surface area contributed by atoms with Gasteiger partial charge in [0, 0.05) is 13.1 Å². The van der Waals surface area contributed by atoms with Crippen LogP contribution < -0.4 is 4.74 Å². The Labute approximate surface area is 146 Å². The molecule has 0 fully saturated rings. The van der Waals surface area contributed by atoms with Gasteiger partial charge in [0.05, 0.1) is 21.3 Å². The van der Waals surface area contributed by atoms with E-state index in [0.29, 0.717) is 10.9 Å². The highest BCUT2D eigenvalue weighted by Crippen LogP contribution is 2.41. The van der Waals surface area contributed by atoms with E-state index in [1.807, 2.05) is 13.8 Å². The van der Waals surface area contributed by atoms with E-state index in [9.17, 15) is 5.11 Å². The number of rotatable bonds is 3. The van der Waals surface area contributed by atoms with E-state index in [-0.39, 0.29) is 21.5 Å². The quantitative estimate of drug-likeness (QED) is 0.741. The Kier molecular flexibility index (Phi) is 4.18. The minimum absolute atomic E-state index is 0.113. The molecule has 0 aliphatic rings. The number of benzene rings is 1. The zero-order valence-electron chi connectivity index (χ0n) is 12.5. The molecule has 2 aromatic heterocycles. The lowest BCUT2D eigenvalue weighted by Gasteiger charge is -2.10. The van der Waals surface area contributed by atoms with Gasteiger partial charge in [0.25, 0.3) is 0 Å². The molecule has 0 saturated carbocycles. The molecule has 0 aliphatic carbocycles. The van der Waals surface area contributed by atoms with E-state index in [1.54, 1.807) is 11.7 Å². The van der Waals surface area contributed by atoms with Crippen LogP contribution >= 0.6 is 34.5 Å². The van der Waals surface area contributed by atoms with Crippen molar-refractivity contribution >= 4 is 34.5 Å². The molecule has 3 aromatic rings. The number of hydrogen-bond acceptors (Lipinski definition) is 6. The summed E-state index contributed by atoms with van der Waals surface area (Å²) in [5.41, 5.74) is 1.50. The van der Waals surface area contributed by atoms with Gasteiger partial charge in [-0.1, -0.05) is 34.5 Å². The minimum Gasteiger partial charge on any atom is -0.506 e. The van der Waals surface area contributed by atoms with Crippen molar-refractivity contribution < 1.29 is 9.84 Å². The van der Waals surface area contributed by atoms with Crippen LogP contribution in [0.5, 0.6) is 17.4 Å². The Hall–Kier alpha value is -1.83. The molecular formula is C14H12Cl2N4O2S. The number of aromatic hydroxyl groups is 1. The molecule has 1 aromatic carbocycles. The maximum absolute atomic E-state index is 9.75. The first-order valence-corrected chi connectivity index (χ1v) is 8.14. The highest BCUT2D eigenvalue weighted by molar-refractivity contribution is 7.14. The van der Waals surface area contributed by atoms with Crippen molar-refractivity contribution in [1.29, 1.82) is 0 Å². The number of phenolic OH excluding ortho intramolecular Hbond substituents is 1. The van der Waals surface area contributed by atoms with Crippen LogP contribution in [0.15, 0.2) is 12.1 Å². The van der Waals surface area contributed by atoms with Gasteiger partial charge in [-0.3, -0.25) is 0 Å². The van der Waals surface area contributed by atoms with Crippen molar-refractivity contribution in [1.82, 2.24) is 20.0 Å². The van der Waals surface area contributed by atoms with Crippen molar-refractivity contribution in [2.45, 2.75) is 13.8 Å². The molecule has 0 aliphatic heterocycles. The Bertz CT molecular complexity index is 891. The number of halogens is 2. The van der Waals surface area contributed by atoms with Crippen molar-refractivity contribution in [3.8, 4) is 28.0 Å². The average molecular weight is 371 g/mol. The maximum atomic E-state index is 9.75. The van der Waals surface area contributed by atoms with E-state index in [4.69, 9.17) is 27.9 Å². The lowest BCUT2D eigenvalue weighted by Crippen LogP contribution is -1.96. The SMILES string of the molecule is Cc1nnc(-c2c(C)nn(C)c2Oc2cc(O)c(Cl)cc2Cl)s1. The first-order chi connectivity index (χ1) is 10.9. The zero-order chi connectivity index (χ0) is 16.7. The van der Waals surface area contributed by atoms with Crippen molar-refractivity contribution in [3.05, 3.63) is 32.9 Å². The number of aromatic nitrogens is 4. The van der Waals surface area contributed by atoms with E-state index in [0.717, 1.165) is 16.3 Å². The molecule has 0 bridgehead atoms. The van der Waals surface area contributed by atoms with Crippen molar-refractivity contribution in [2.75, 3.05) is 0 Å². The Morgan fingerprint density at radius 1 is 1.17 bits per heavy atom. The molecule has 3 rings (SSSR count). The molecule has 2 heterocycles. The monoisotopic (exact) mass is 370 g/mol. The lowest BCUT2D eigenvalue weighted by atomic mass is 10.2. The molecule has 0 unspecified atom stereocenters. The molecule has 120 valence electrons. The fraction of sp³-hybridized carbons (Fsp3) is 0.214. The molecule has 1 N–H and O–H groups in total. The summed E-state index contributed by atoms with van der Waals surface area (Å²) < 4.78 is 7.47. The number of aryl methyl sites for hydroxylation is 3. The van der Waals surface area contributed by atoms with Crippen LogP contribution in [-0.4, -0.2) is 25.1 Å². The number of phenols is 1. The van der Waals surface area contributed by atoms with Gasteiger partial charge >= 0.3 is 0 Å². The van der Waals surface area contributed by atoms with Crippen LogP contribution in [-0.2, 0) is 7.05 Å². The minimum atomic E-state index is -0.113. The fourth-order valence-corrected chi connectivity index (χ4v) is 3.30. The van der Waals surface area contributed by atoms with Crippen LogP contribution in [0, 0.1) is 13.8 Å². The summed E-state index contributed by atoms with van der Waals surface area (Å²) in [7, 11) is 1.75. The number of nitrogens with zero attached hydrogens (tertiary/aromatic N) is 4. The highest BCUT2D eigenvalue weighted by atomic mass is 35.5. The third-order valence-corrected chi connectivity index (χ3v) is 4.57. The van der Waals surface area contributed by atoms with Crippen LogP contribution in [0.2, 0.25) is 10.0 Å². The van der Waals surface area contributed by atoms with E-state index >= 15 is 0 Å². The Balaban J connectivity index is 2.09. The predicted octanol–water partition coefficient (Wildman–Crippen LogP) is 4.36. The third-order valence-electron chi connectivity index (χ3n) is 3.12. The summed E-state index contributed by atoms with van der Waals surface area (Å²) in [6, 6.07) is 2.79. The van der Waals surface area contributed by atoms with Gasteiger partial charge in [-0.25, -0.2) is 4.68 Å². The summed E-state index contributed by atoms with van der Waals surface area (Å²) in [6.45, 7) is 3.74. The molecule has 6 nitrogen and oxygen atoms in total. The second kappa shape index (κ2) is 5.99. The van der Waals surface area contributed by atoms with E-state index in [2.05, 4.69) is 15.3 Å². The summed E-state index contributed by atoms with van der Waals surface area (Å²) in [5.74, 6) is 0.625. The van der Waals surface area contributed by atoms with Crippen LogP contribution in [0.4, 0.5) is 0 Å². The van der Waals surface area contributed by atoms with Gasteiger partial charge in [-0.15, -0.1) is 10.2 Å². The summed E-state index contributed by atoms with van der Waals surface area (Å²) in [5, 5.41) is 24.3. The smallest absolute Gasteiger partial charge is 0.228 e. The normalized spacial score (nSPS) is 11.0. The first kappa shape index (κ1) is 16.0. The van der Waals surface area contributed by atoms with Crippen molar-refractivity contribution in [3.63, 3.8) is 0 Å². The highest BCUT2D eigenvalue weighted by Gasteiger charge is 2.22. The first-order valence-electron chi connectivity index (χ1n) is 6.56. The Morgan fingerprint density at radius 3 is 2.57 bits per heavy atom.